The third-order valence-corrected chi connectivity index (χ3v) is 11.4. The molecule has 0 saturated carbocycles. The van der Waals surface area contributed by atoms with Crippen LogP contribution in [0.15, 0.2) is 29.1 Å². The molecule has 0 aliphatic rings. The van der Waals surface area contributed by atoms with Gasteiger partial charge in [0.1, 0.15) is 18.2 Å². The molecule has 0 aliphatic carbocycles. The first-order valence-electron chi connectivity index (χ1n) is 21.2. The number of carbonyl (C=O) groups excluding carboxylic acids is 1. The normalized spacial score (nSPS) is 13.2. The van der Waals surface area contributed by atoms with Crippen molar-refractivity contribution in [2.24, 2.45) is 0 Å². The van der Waals surface area contributed by atoms with Gasteiger partial charge in [0, 0.05) is 32.9 Å². The van der Waals surface area contributed by atoms with Crippen molar-refractivity contribution < 1.29 is 37.7 Å². The molecular weight excluding hydrogens is 749 g/mol. The maximum absolute atomic E-state index is 12.8. The van der Waals surface area contributed by atoms with E-state index in [1.807, 2.05) is 0 Å². The number of amides is 1. The van der Waals surface area contributed by atoms with Gasteiger partial charge in [-0.1, -0.05) is 115 Å². The maximum atomic E-state index is 12.8. The van der Waals surface area contributed by atoms with Crippen LogP contribution in [0.25, 0.3) is 11.2 Å². The van der Waals surface area contributed by atoms with E-state index in [0.717, 1.165) is 18.4 Å². The number of nitrogens with zero attached hydrogens (tertiary/aromatic N) is 3. The molecule has 0 aliphatic heterocycles. The van der Waals surface area contributed by atoms with Gasteiger partial charge in [0.15, 0.2) is 5.65 Å². The molecule has 3 aromatic rings. The molecular formula is C42H70N5O9P. The molecule has 2 atom stereocenters. The predicted molar refractivity (Wildman–Crippen MR) is 225 cm³/mol. The Bertz CT molecular complexity index is 1650. The summed E-state index contributed by atoms with van der Waals surface area (Å²) in [4.78, 5) is 47.4. The van der Waals surface area contributed by atoms with E-state index in [9.17, 15) is 19.0 Å². The number of aryl methyl sites for hydroxylation is 1. The summed E-state index contributed by atoms with van der Waals surface area (Å²) in [6.07, 6.45) is 20.8. The number of ether oxygens (including phenoxy) is 4. The van der Waals surface area contributed by atoms with Crippen LogP contribution in [-0.4, -0.2) is 96.4 Å². The molecule has 14 nitrogen and oxygen atoms in total. The highest BCUT2D eigenvalue weighted by Gasteiger charge is 2.22. The number of unbranched alkanes of at least 4 members (excludes halogenated alkanes) is 15. The molecule has 2 heterocycles. The van der Waals surface area contributed by atoms with E-state index in [1.54, 1.807) is 38.3 Å². The van der Waals surface area contributed by atoms with Crippen molar-refractivity contribution in [1.82, 2.24) is 24.8 Å². The Morgan fingerprint density at radius 1 is 0.842 bits per heavy atom. The Kier molecular flexibility index (Phi) is 24.0. The number of hydrogen-bond donors (Lipinski definition) is 3. The van der Waals surface area contributed by atoms with Crippen LogP contribution in [0.2, 0.25) is 0 Å². The second kappa shape index (κ2) is 28.3. The van der Waals surface area contributed by atoms with E-state index in [-0.39, 0.29) is 56.5 Å². The Morgan fingerprint density at radius 3 is 2.05 bits per heavy atom. The van der Waals surface area contributed by atoms with Crippen LogP contribution < -0.4 is 15.7 Å². The van der Waals surface area contributed by atoms with Gasteiger partial charge in [-0.25, -0.2) is 4.79 Å². The fraction of sp³-hybridized carbons (Fsp3) is 0.714. The second-order valence-corrected chi connectivity index (χ2v) is 16.8. The van der Waals surface area contributed by atoms with Gasteiger partial charge >= 0.3 is 19.3 Å². The Morgan fingerprint density at radius 2 is 1.46 bits per heavy atom. The van der Waals surface area contributed by atoms with Gasteiger partial charge in [-0.15, -0.1) is 0 Å². The van der Waals surface area contributed by atoms with E-state index in [1.165, 1.54) is 102 Å². The zero-order chi connectivity index (χ0) is 41.1. The standard InChI is InChI=1S/C42H70N5O9P/c1-5-6-7-8-9-10-11-12-13-14-15-16-17-18-19-20-27-54-32-37(53-4)33-56-57(50,51)30-21-26-43-40(48)36-24-22-35(23-25-36)31-47-39-38(45-42(47)49)34(2)44-41(46-39)55-29-28-52-3/h22-25,37H,5-21,26-33H2,1-4H3,(H,43,48)(H,45,49)(H,50,51). The summed E-state index contributed by atoms with van der Waals surface area (Å²) >= 11 is 0. The van der Waals surface area contributed by atoms with Gasteiger partial charge in [0.2, 0.25) is 0 Å². The van der Waals surface area contributed by atoms with Crippen molar-refractivity contribution in [2.45, 2.75) is 136 Å². The van der Waals surface area contributed by atoms with Crippen molar-refractivity contribution in [3.05, 3.63) is 51.6 Å². The number of H-pyrrole nitrogens is 1. The lowest BCUT2D eigenvalue weighted by Crippen LogP contribution is -2.26. The van der Waals surface area contributed by atoms with Crippen molar-refractivity contribution in [1.29, 1.82) is 0 Å². The van der Waals surface area contributed by atoms with Crippen LogP contribution in [-0.2, 0) is 29.8 Å². The number of aromatic nitrogens is 4. The third kappa shape index (κ3) is 19.4. The Hall–Kier alpha value is -3.13. The van der Waals surface area contributed by atoms with Gasteiger partial charge < -0.3 is 38.7 Å². The number of aromatic amines is 1. The van der Waals surface area contributed by atoms with Crippen LogP contribution in [0, 0.1) is 6.92 Å². The van der Waals surface area contributed by atoms with Gasteiger partial charge in [-0.05, 0) is 37.5 Å². The molecule has 1 amide bonds. The molecule has 2 unspecified atom stereocenters. The average Bonchev–Trinajstić information content (AvgIpc) is 3.51. The zero-order valence-corrected chi connectivity index (χ0v) is 36.0. The van der Waals surface area contributed by atoms with Gasteiger partial charge in [-0.2, -0.15) is 9.97 Å². The average molecular weight is 820 g/mol. The number of imidazole rings is 1. The molecule has 57 heavy (non-hydrogen) atoms. The number of nitrogens with one attached hydrogen (secondary N) is 2. The van der Waals surface area contributed by atoms with E-state index in [4.69, 9.17) is 23.5 Å². The van der Waals surface area contributed by atoms with Crippen molar-refractivity contribution in [2.75, 3.05) is 60.0 Å². The summed E-state index contributed by atoms with van der Waals surface area (Å²) in [5.41, 5.74) is 2.39. The Balaban J connectivity index is 1.24. The molecule has 3 rings (SSSR count). The molecule has 322 valence electrons. The minimum atomic E-state index is -3.88. The van der Waals surface area contributed by atoms with Gasteiger partial charge in [0.05, 0.1) is 38.2 Å². The van der Waals surface area contributed by atoms with E-state index in [2.05, 4.69) is 27.2 Å². The topological polar surface area (TPSA) is 176 Å². The summed E-state index contributed by atoms with van der Waals surface area (Å²) in [5.74, 6) is -0.318. The molecule has 1 aromatic carbocycles. The lowest BCUT2D eigenvalue weighted by Gasteiger charge is -2.18. The number of rotatable bonds is 34. The van der Waals surface area contributed by atoms with Crippen molar-refractivity contribution >= 4 is 24.7 Å². The van der Waals surface area contributed by atoms with E-state index >= 15 is 0 Å². The molecule has 2 aromatic heterocycles. The summed E-state index contributed by atoms with van der Waals surface area (Å²) in [6, 6.07) is 7.00. The van der Waals surface area contributed by atoms with E-state index < -0.39 is 13.7 Å². The Labute approximate surface area is 339 Å². The number of hydrogen-bond acceptors (Lipinski definition) is 10. The maximum Gasteiger partial charge on any atom is 0.328 e. The summed E-state index contributed by atoms with van der Waals surface area (Å²) in [6.45, 7) is 5.97. The number of benzene rings is 1. The summed E-state index contributed by atoms with van der Waals surface area (Å²) < 4.78 is 41.2. The zero-order valence-electron chi connectivity index (χ0n) is 35.1. The van der Waals surface area contributed by atoms with Crippen LogP contribution in [0.5, 0.6) is 6.01 Å². The highest BCUT2D eigenvalue weighted by molar-refractivity contribution is 7.52. The molecule has 0 bridgehead atoms. The monoisotopic (exact) mass is 819 g/mol. The smallest absolute Gasteiger partial charge is 0.328 e. The lowest BCUT2D eigenvalue weighted by molar-refractivity contribution is -0.0169. The van der Waals surface area contributed by atoms with Crippen LogP contribution in [0.4, 0.5) is 0 Å². The predicted octanol–water partition coefficient (Wildman–Crippen LogP) is 8.12. The molecule has 0 saturated heterocycles. The second-order valence-electron chi connectivity index (χ2n) is 14.8. The molecule has 3 N–H and O–H groups in total. The first-order chi connectivity index (χ1) is 27.7. The number of methoxy groups -OCH3 is 2. The fourth-order valence-corrected chi connectivity index (χ4v) is 7.60. The first kappa shape index (κ1) is 48.2. The minimum Gasteiger partial charge on any atom is -0.461 e. The molecule has 0 fully saturated rings. The minimum absolute atomic E-state index is 0.0531. The first-order valence-corrected chi connectivity index (χ1v) is 23.0. The van der Waals surface area contributed by atoms with E-state index in [0.29, 0.717) is 42.2 Å². The highest BCUT2D eigenvalue weighted by Crippen LogP contribution is 2.42. The highest BCUT2D eigenvalue weighted by atomic mass is 31.2. The lowest BCUT2D eigenvalue weighted by atomic mass is 10.0. The number of carbonyl (C=O) groups is 1. The van der Waals surface area contributed by atoms with Crippen LogP contribution >= 0.6 is 7.60 Å². The summed E-state index contributed by atoms with van der Waals surface area (Å²) in [7, 11) is -0.776. The largest absolute Gasteiger partial charge is 0.461 e. The summed E-state index contributed by atoms with van der Waals surface area (Å²) in [5, 5.41) is 2.78. The van der Waals surface area contributed by atoms with Gasteiger partial charge in [0.25, 0.3) is 5.91 Å². The molecule has 0 spiro atoms. The molecule has 0 radical (unpaired) electrons. The molecule has 15 heteroatoms. The fourth-order valence-electron chi connectivity index (χ4n) is 6.51. The SMILES string of the molecule is CCCCCCCCCCCCCCCCCCOCC(COP(=O)(O)CCCNC(=O)c1ccc(Cn2c(=O)[nH]c3c(C)nc(OCCOC)nc32)cc1)OC. The van der Waals surface area contributed by atoms with Gasteiger partial charge in [-0.3, -0.25) is 13.9 Å². The van der Waals surface area contributed by atoms with Crippen LogP contribution in [0.1, 0.15) is 138 Å². The van der Waals surface area contributed by atoms with Crippen LogP contribution in [0.3, 0.4) is 0 Å². The van der Waals surface area contributed by atoms with Crippen molar-refractivity contribution in [3.63, 3.8) is 0 Å². The number of fused-ring (bicyclic) bond motifs is 1. The van der Waals surface area contributed by atoms with Crippen molar-refractivity contribution in [3.8, 4) is 6.01 Å². The quantitative estimate of drug-likeness (QED) is 0.0392. The third-order valence-electron chi connectivity index (χ3n) is 10.0.